The summed E-state index contributed by atoms with van der Waals surface area (Å²) >= 11 is 0. The molecule has 1 fully saturated rings. The number of hydrogen-bond donors (Lipinski definition) is 1. The largest absolute Gasteiger partial charge is 0.497 e. The molecule has 1 aromatic carbocycles. The fourth-order valence-electron chi connectivity index (χ4n) is 2.95. The van der Waals surface area contributed by atoms with Crippen LogP contribution in [0.25, 0.3) is 0 Å². The average Bonchev–Trinajstić information content (AvgIpc) is 2.49. The molecule has 112 valence electrons. The van der Waals surface area contributed by atoms with Gasteiger partial charge in [0.05, 0.1) is 7.11 Å². The third kappa shape index (κ3) is 3.32. The summed E-state index contributed by atoms with van der Waals surface area (Å²) in [4.78, 5) is 4.82. The van der Waals surface area contributed by atoms with Crippen molar-refractivity contribution >= 4 is 0 Å². The van der Waals surface area contributed by atoms with E-state index in [4.69, 9.17) is 10.5 Å². The molecule has 0 atom stereocenters. The maximum atomic E-state index is 6.10. The fourth-order valence-corrected chi connectivity index (χ4v) is 2.95. The van der Waals surface area contributed by atoms with Crippen molar-refractivity contribution in [1.82, 2.24) is 9.80 Å². The lowest BCUT2D eigenvalue weighted by Gasteiger charge is -2.46. The van der Waals surface area contributed by atoms with Crippen LogP contribution in [0.5, 0.6) is 5.75 Å². The van der Waals surface area contributed by atoms with E-state index in [1.54, 1.807) is 7.11 Å². The van der Waals surface area contributed by atoms with Crippen LogP contribution in [0.15, 0.2) is 24.3 Å². The van der Waals surface area contributed by atoms with E-state index in [9.17, 15) is 0 Å². The van der Waals surface area contributed by atoms with E-state index in [1.165, 1.54) is 5.56 Å². The van der Waals surface area contributed by atoms with Crippen LogP contribution in [-0.4, -0.2) is 56.2 Å². The van der Waals surface area contributed by atoms with Crippen molar-refractivity contribution in [2.45, 2.75) is 24.9 Å². The standard InChI is InChI=1S/C16H27N3O/c1-18-10-8-16(13-17,9-11-18)19(2)12-14-4-6-15(20-3)7-5-14/h4-7H,8-13,17H2,1-3H3. The van der Waals surface area contributed by atoms with Gasteiger partial charge >= 0.3 is 0 Å². The van der Waals surface area contributed by atoms with Gasteiger partial charge in [-0.25, -0.2) is 0 Å². The van der Waals surface area contributed by atoms with Crippen LogP contribution in [0.3, 0.4) is 0 Å². The van der Waals surface area contributed by atoms with Gasteiger partial charge in [-0.15, -0.1) is 0 Å². The fraction of sp³-hybridized carbons (Fsp3) is 0.625. The van der Waals surface area contributed by atoms with Crippen LogP contribution in [-0.2, 0) is 6.54 Å². The summed E-state index contributed by atoms with van der Waals surface area (Å²) in [7, 11) is 6.08. The highest BCUT2D eigenvalue weighted by atomic mass is 16.5. The van der Waals surface area contributed by atoms with Crippen molar-refractivity contribution in [2.75, 3.05) is 40.8 Å². The minimum absolute atomic E-state index is 0.145. The summed E-state index contributed by atoms with van der Waals surface area (Å²) in [6, 6.07) is 8.31. The van der Waals surface area contributed by atoms with E-state index in [0.29, 0.717) is 0 Å². The van der Waals surface area contributed by atoms with Crippen molar-refractivity contribution < 1.29 is 4.74 Å². The van der Waals surface area contributed by atoms with Crippen molar-refractivity contribution in [1.29, 1.82) is 0 Å². The molecular formula is C16H27N3O. The lowest BCUT2D eigenvalue weighted by atomic mass is 9.86. The van der Waals surface area contributed by atoms with Gasteiger partial charge < -0.3 is 15.4 Å². The number of likely N-dealkylation sites (N-methyl/N-ethyl adjacent to an activating group) is 1. The van der Waals surface area contributed by atoms with E-state index < -0.39 is 0 Å². The molecule has 0 amide bonds. The average molecular weight is 277 g/mol. The Balaban J connectivity index is 2.03. The molecule has 0 aliphatic carbocycles. The van der Waals surface area contributed by atoms with Gasteiger partial charge in [-0.05, 0) is 57.7 Å². The molecule has 0 bridgehead atoms. The first kappa shape index (κ1) is 15.3. The summed E-state index contributed by atoms with van der Waals surface area (Å²) in [6.07, 6.45) is 2.29. The van der Waals surface area contributed by atoms with E-state index >= 15 is 0 Å². The van der Waals surface area contributed by atoms with Crippen LogP contribution in [0.4, 0.5) is 0 Å². The van der Waals surface area contributed by atoms with Crippen molar-refractivity contribution in [3.8, 4) is 5.75 Å². The monoisotopic (exact) mass is 277 g/mol. The molecule has 4 heteroatoms. The van der Waals surface area contributed by atoms with E-state index in [-0.39, 0.29) is 5.54 Å². The smallest absolute Gasteiger partial charge is 0.118 e. The zero-order valence-electron chi connectivity index (χ0n) is 12.9. The zero-order valence-corrected chi connectivity index (χ0v) is 12.9. The van der Waals surface area contributed by atoms with Gasteiger partial charge in [-0.1, -0.05) is 12.1 Å². The SMILES string of the molecule is COc1ccc(CN(C)C2(CN)CCN(C)CC2)cc1. The number of ether oxygens (including phenoxy) is 1. The predicted molar refractivity (Wildman–Crippen MR) is 83.0 cm³/mol. The third-order valence-electron chi connectivity index (χ3n) is 4.69. The Morgan fingerprint density at radius 1 is 1.25 bits per heavy atom. The van der Waals surface area contributed by atoms with E-state index in [2.05, 4.69) is 36.0 Å². The lowest BCUT2D eigenvalue weighted by Crippen LogP contribution is -2.57. The summed E-state index contributed by atoms with van der Waals surface area (Å²) in [5.74, 6) is 0.907. The molecule has 1 saturated heterocycles. The Hall–Kier alpha value is -1.10. The minimum atomic E-state index is 0.145. The molecule has 2 N–H and O–H groups in total. The van der Waals surface area contributed by atoms with Gasteiger partial charge in [0.1, 0.15) is 5.75 Å². The Morgan fingerprint density at radius 2 is 1.85 bits per heavy atom. The van der Waals surface area contributed by atoms with Crippen LogP contribution in [0.1, 0.15) is 18.4 Å². The number of methoxy groups -OCH3 is 1. The Labute approximate surface area is 122 Å². The second kappa shape index (κ2) is 6.57. The number of nitrogens with two attached hydrogens (primary N) is 1. The molecule has 4 nitrogen and oxygen atoms in total. The maximum Gasteiger partial charge on any atom is 0.118 e. The Bertz CT molecular complexity index is 410. The maximum absolute atomic E-state index is 6.10. The first-order valence-electron chi connectivity index (χ1n) is 7.32. The Morgan fingerprint density at radius 3 is 2.35 bits per heavy atom. The minimum Gasteiger partial charge on any atom is -0.497 e. The number of piperidine rings is 1. The zero-order chi connectivity index (χ0) is 14.6. The van der Waals surface area contributed by atoms with Crippen LogP contribution < -0.4 is 10.5 Å². The first-order chi connectivity index (χ1) is 9.59. The molecule has 0 radical (unpaired) electrons. The van der Waals surface area contributed by atoms with Gasteiger partial charge in [0, 0.05) is 18.6 Å². The van der Waals surface area contributed by atoms with E-state index in [0.717, 1.165) is 44.8 Å². The summed E-state index contributed by atoms with van der Waals surface area (Å²) < 4.78 is 5.20. The topological polar surface area (TPSA) is 41.7 Å². The van der Waals surface area contributed by atoms with Crippen LogP contribution in [0.2, 0.25) is 0 Å². The van der Waals surface area contributed by atoms with Gasteiger partial charge in [-0.3, -0.25) is 4.90 Å². The molecule has 1 aromatic rings. The van der Waals surface area contributed by atoms with Gasteiger partial charge in [0.25, 0.3) is 0 Å². The highest BCUT2D eigenvalue weighted by Crippen LogP contribution is 2.28. The lowest BCUT2D eigenvalue weighted by molar-refractivity contribution is 0.0485. The van der Waals surface area contributed by atoms with Gasteiger partial charge in [-0.2, -0.15) is 0 Å². The van der Waals surface area contributed by atoms with E-state index in [1.807, 2.05) is 12.1 Å². The Kier molecular flexibility index (Phi) is 5.02. The molecule has 2 rings (SSSR count). The van der Waals surface area contributed by atoms with Gasteiger partial charge in [0.15, 0.2) is 0 Å². The van der Waals surface area contributed by atoms with Gasteiger partial charge in [0.2, 0.25) is 0 Å². The molecular weight excluding hydrogens is 250 g/mol. The number of benzene rings is 1. The molecule has 0 saturated carbocycles. The molecule has 1 aliphatic heterocycles. The third-order valence-corrected chi connectivity index (χ3v) is 4.69. The molecule has 20 heavy (non-hydrogen) atoms. The summed E-state index contributed by atoms with van der Waals surface area (Å²) in [6.45, 7) is 3.92. The molecule has 0 spiro atoms. The second-order valence-electron chi connectivity index (χ2n) is 5.94. The first-order valence-corrected chi connectivity index (χ1v) is 7.32. The molecule has 1 aliphatic rings. The van der Waals surface area contributed by atoms with Crippen LogP contribution in [0, 0.1) is 0 Å². The molecule has 1 heterocycles. The predicted octanol–water partition coefficient (Wildman–Crippen LogP) is 1.55. The highest BCUT2D eigenvalue weighted by Gasteiger charge is 2.35. The highest BCUT2D eigenvalue weighted by molar-refractivity contribution is 5.27. The second-order valence-corrected chi connectivity index (χ2v) is 5.94. The van der Waals surface area contributed by atoms with Crippen molar-refractivity contribution in [2.24, 2.45) is 5.73 Å². The number of likely N-dealkylation sites (tertiary alicyclic amines) is 1. The quantitative estimate of drug-likeness (QED) is 0.886. The van der Waals surface area contributed by atoms with Crippen LogP contribution >= 0.6 is 0 Å². The number of rotatable bonds is 5. The normalized spacial score (nSPS) is 19.2. The molecule has 0 unspecified atom stereocenters. The number of hydrogen-bond acceptors (Lipinski definition) is 4. The van der Waals surface area contributed by atoms with Crippen molar-refractivity contribution in [3.63, 3.8) is 0 Å². The summed E-state index contributed by atoms with van der Waals surface area (Å²) in [5.41, 5.74) is 7.55. The van der Waals surface area contributed by atoms with Crippen molar-refractivity contribution in [3.05, 3.63) is 29.8 Å². The number of nitrogens with zero attached hydrogens (tertiary/aromatic N) is 2. The summed E-state index contributed by atoms with van der Waals surface area (Å²) in [5, 5.41) is 0. The molecule has 0 aromatic heterocycles.